The first-order valence-electron chi connectivity index (χ1n) is 9.32. The van der Waals surface area contributed by atoms with Crippen molar-refractivity contribution < 1.29 is 23.1 Å². The fraction of sp³-hybridized carbons (Fsp3) is 0.227. The Bertz CT molecular complexity index is 1070. The number of nitrogens with zero attached hydrogens (tertiary/aromatic N) is 1. The largest absolute Gasteiger partial charge is 0.456 e. The summed E-state index contributed by atoms with van der Waals surface area (Å²) in [5.41, 5.74) is 3.61. The summed E-state index contributed by atoms with van der Waals surface area (Å²) in [5.74, 6) is -3.26. The van der Waals surface area contributed by atoms with Gasteiger partial charge in [0, 0.05) is 16.0 Å². The van der Waals surface area contributed by atoms with Gasteiger partial charge in [-0.1, -0.05) is 23.9 Å². The Morgan fingerprint density at radius 2 is 1.90 bits per heavy atom. The molecule has 0 saturated carbocycles. The molecule has 1 amide bonds. The minimum absolute atomic E-state index is 0.0402. The molecule has 0 aliphatic rings. The molecular formula is C22H20F2N2O3S2. The van der Waals surface area contributed by atoms with Crippen LogP contribution in [0.15, 0.2) is 52.7 Å². The first-order chi connectivity index (χ1) is 14.8. The van der Waals surface area contributed by atoms with Crippen molar-refractivity contribution in [2.75, 3.05) is 5.32 Å². The Labute approximate surface area is 186 Å². The van der Waals surface area contributed by atoms with Crippen LogP contribution in [-0.2, 0) is 22.6 Å². The van der Waals surface area contributed by atoms with Crippen molar-refractivity contribution in [2.45, 2.75) is 37.5 Å². The van der Waals surface area contributed by atoms with Gasteiger partial charge in [0.1, 0.15) is 11.6 Å². The van der Waals surface area contributed by atoms with E-state index in [1.807, 2.05) is 32.0 Å². The number of amides is 1. The van der Waals surface area contributed by atoms with Crippen LogP contribution < -0.4 is 5.32 Å². The summed E-state index contributed by atoms with van der Waals surface area (Å²) in [5, 5.41) is 5.24. The summed E-state index contributed by atoms with van der Waals surface area (Å²) in [6.45, 7) is 3.85. The first-order valence-corrected chi connectivity index (χ1v) is 11.1. The second-order valence-corrected chi connectivity index (χ2v) is 8.76. The molecule has 3 rings (SSSR count). The van der Waals surface area contributed by atoms with Gasteiger partial charge in [-0.15, -0.1) is 11.3 Å². The van der Waals surface area contributed by atoms with Gasteiger partial charge in [0.2, 0.25) is 5.91 Å². The van der Waals surface area contributed by atoms with Gasteiger partial charge in [-0.25, -0.2) is 9.78 Å². The number of thiazole rings is 1. The van der Waals surface area contributed by atoms with Gasteiger partial charge in [0.25, 0.3) is 5.76 Å². The van der Waals surface area contributed by atoms with E-state index in [0.717, 1.165) is 16.8 Å². The topological polar surface area (TPSA) is 68.3 Å². The zero-order valence-corrected chi connectivity index (χ0v) is 18.5. The third kappa shape index (κ3) is 6.86. The highest BCUT2D eigenvalue weighted by molar-refractivity contribution is 7.99. The van der Waals surface area contributed by atoms with Crippen molar-refractivity contribution in [3.63, 3.8) is 0 Å². The highest BCUT2D eigenvalue weighted by atomic mass is 32.2. The Morgan fingerprint density at radius 3 is 2.61 bits per heavy atom. The Morgan fingerprint density at radius 1 is 1.16 bits per heavy atom. The average molecular weight is 463 g/mol. The molecule has 1 heterocycles. The lowest BCUT2D eigenvalue weighted by Crippen LogP contribution is -2.15. The summed E-state index contributed by atoms with van der Waals surface area (Å²) in [7, 11) is 0. The summed E-state index contributed by atoms with van der Waals surface area (Å²) in [4.78, 5) is 29.2. The number of alkyl halides is 2. The van der Waals surface area contributed by atoms with E-state index >= 15 is 0 Å². The lowest BCUT2D eigenvalue weighted by molar-refractivity contribution is -0.115. The van der Waals surface area contributed by atoms with Crippen molar-refractivity contribution in [3.05, 3.63) is 75.2 Å². The van der Waals surface area contributed by atoms with Crippen LogP contribution in [0.25, 0.3) is 0 Å². The molecule has 0 aliphatic carbocycles. The SMILES string of the molecule is Cc1ccc(C)c(NC(=O)Cc2nc(COC(=O)c3ccc(SC(F)F)cc3)cs2)c1. The predicted molar refractivity (Wildman–Crippen MR) is 118 cm³/mol. The quantitative estimate of drug-likeness (QED) is 0.348. The van der Waals surface area contributed by atoms with E-state index in [1.54, 1.807) is 5.38 Å². The summed E-state index contributed by atoms with van der Waals surface area (Å²) < 4.78 is 29.9. The number of hydrogen-bond donors (Lipinski definition) is 1. The zero-order chi connectivity index (χ0) is 22.4. The molecule has 162 valence electrons. The van der Waals surface area contributed by atoms with Crippen LogP contribution in [0.4, 0.5) is 14.5 Å². The zero-order valence-electron chi connectivity index (χ0n) is 16.9. The normalized spacial score (nSPS) is 10.9. The molecule has 0 bridgehead atoms. The number of anilines is 1. The van der Waals surface area contributed by atoms with E-state index in [4.69, 9.17) is 4.74 Å². The number of thioether (sulfide) groups is 1. The van der Waals surface area contributed by atoms with E-state index in [-0.39, 0.29) is 24.5 Å². The third-order valence-electron chi connectivity index (χ3n) is 4.24. The van der Waals surface area contributed by atoms with E-state index in [1.165, 1.54) is 35.6 Å². The molecule has 31 heavy (non-hydrogen) atoms. The van der Waals surface area contributed by atoms with Gasteiger partial charge >= 0.3 is 5.97 Å². The van der Waals surface area contributed by atoms with E-state index in [9.17, 15) is 18.4 Å². The van der Waals surface area contributed by atoms with Crippen molar-refractivity contribution in [1.82, 2.24) is 4.98 Å². The fourth-order valence-electron chi connectivity index (χ4n) is 2.69. The number of nitrogens with one attached hydrogen (secondary N) is 1. The van der Waals surface area contributed by atoms with Gasteiger partial charge < -0.3 is 10.1 Å². The lowest BCUT2D eigenvalue weighted by atomic mass is 10.1. The number of esters is 1. The molecule has 0 atom stereocenters. The number of aromatic nitrogens is 1. The number of benzene rings is 2. The molecule has 2 aromatic carbocycles. The van der Waals surface area contributed by atoms with Crippen molar-refractivity contribution in [3.8, 4) is 0 Å². The van der Waals surface area contributed by atoms with Crippen LogP contribution in [-0.4, -0.2) is 22.6 Å². The Hall–Kier alpha value is -2.78. The van der Waals surface area contributed by atoms with Crippen molar-refractivity contribution >= 4 is 40.7 Å². The first kappa shape index (κ1) is 22.9. The van der Waals surface area contributed by atoms with Gasteiger partial charge in [-0.05, 0) is 55.3 Å². The van der Waals surface area contributed by atoms with Crippen molar-refractivity contribution in [2.24, 2.45) is 0 Å². The molecule has 5 nitrogen and oxygen atoms in total. The standard InChI is InChI=1S/C22H20F2N2O3S2/c1-13-3-4-14(2)18(9-13)26-19(27)10-20-25-16(12-30-20)11-29-21(28)15-5-7-17(8-6-15)31-22(23)24/h3-9,12,22H,10-11H2,1-2H3,(H,26,27). The molecule has 9 heteroatoms. The number of rotatable bonds is 8. The van der Waals surface area contributed by atoms with Gasteiger partial charge in [-0.2, -0.15) is 8.78 Å². The molecular weight excluding hydrogens is 442 g/mol. The number of aryl methyl sites for hydroxylation is 2. The summed E-state index contributed by atoms with van der Waals surface area (Å²) >= 11 is 1.73. The molecule has 3 aromatic rings. The monoisotopic (exact) mass is 462 g/mol. The molecule has 0 fully saturated rings. The summed E-state index contributed by atoms with van der Waals surface area (Å²) in [6.07, 6.45) is 0.120. The highest BCUT2D eigenvalue weighted by Crippen LogP contribution is 2.25. The Balaban J connectivity index is 1.51. The maximum atomic E-state index is 12.4. The number of ether oxygens (including phenoxy) is 1. The maximum absolute atomic E-state index is 12.4. The number of halogens is 2. The van der Waals surface area contributed by atoms with Gasteiger partial charge in [0.15, 0.2) is 0 Å². The fourth-order valence-corrected chi connectivity index (χ4v) is 3.97. The second-order valence-electron chi connectivity index (χ2n) is 6.75. The third-order valence-corrected chi connectivity index (χ3v) is 5.86. The minimum Gasteiger partial charge on any atom is -0.456 e. The smallest absolute Gasteiger partial charge is 0.338 e. The molecule has 0 unspecified atom stereocenters. The molecule has 0 spiro atoms. The van der Waals surface area contributed by atoms with Crippen LogP contribution in [0.5, 0.6) is 0 Å². The Kier molecular flexibility index (Phi) is 7.75. The number of hydrogen-bond acceptors (Lipinski definition) is 6. The van der Waals surface area contributed by atoms with E-state index in [2.05, 4.69) is 10.3 Å². The predicted octanol–water partition coefficient (Wildman–Crippen LogP) is 5.61. The van der Waals surface area contributed by atoms with Crippen LogP contribution in [0.1, 0.15) is 32.2 Å². The van der Waals surface area contributed by atoms with Crippen LogP contribution >= 0.6 is 23.1 Å². The molecule has 1 aromatic heterocycles. The number of carbonyl (C=O) groups is 2. The maximum Gasteiger partial charge on any atom is 0.338 e. The van der Waals surface area contributed by atoms with Crippen LogP contribution in [0, 0.1) is 13.8 Å². The minimum atomic E-state index is -2.51. The average Bonchev–Trinajstić information content (AvgIpc) is 3.16. The summed E-state index contributed by atoms with van der Waals surface area (Å²) in [6, 6.07) is 11.6. The van der Waals surface area contributed by atoms with Gasteiger partial charge in [0.05, 0.1) is 17.7 Å². The lowest BCUT2D eigenvalue weighted by Gasteiger charge is -2.08. The van der Waals surface area contributed by atoms with E-state index < -0.39 is 11.7 Å². The van der Waals surface area contributed by atoms with Gasteiger partial charge in [-0.3, -0.25) is 4.79 Å². The molecule has 0 saturated heterocycles. The van der Waals surface area contributed by atoms with Crippen molar-refractivity contribution in [1.29, 1.82) is 0 Å². The van der Waals surface area contributed by atoms with E-state index in [0.29, 0.717) is 27.4 Å². The molecule has 0 radical (unpaired) electrons. The van der Waals surface area contributed by atoms with Crippen LogP contribution in [0.2, 0.25) is 0 Å². The van der Waals surface area contributed by atoms with Crippen LogP contribution in [0.3, 0.4) is 0 Å². The highest BCUT2D eigenvalue weighted by Gasteiger charge is 2.13. The molecule has 1 N–H and O–H groups in total. The molecule has 0 aliphatic heterocycles. The number of carbonyl (C=O) groups excluding carboxylic acids is 2. The second kappa shape index (κ2) is 10.5.